The number of nitrogens with zero attached hydrogens (tertiary/aromatic N) is 2. The Morgan fingerprint density at radius 3 is 0.948 bits per heavy atom. The molecule has 0 aromatic heterocycles. The monoisotopic (exact) mass is 742 g/mol. The molecule has 0 bridgehead atoms. The molecule has 0 aliphatic rings. The van der Waals surface area contributed by atoms with Crippen LogP contribution in [0.3, 0.4) is 0 Å². The maximum atomic E-state index is 2.39. The van der Waals surface area contributed by atoms with Crippen molar-refractivity contribution < 1.29 is 0 Å². The van der Waals surface area contributed by atoms with E-state index < -0.39 is 0 Å². The average Bonchev–Trinajstić information content (AvgIpc) is 3.27. The lowest BCUT2D eigenvalue weighted by atomic mass is 9.77. The summed E-state index contributed by atoms with van der Waals surface area (Å²) in [6.45, 7) is 0. The number of anilines is 2. The quantitative estimate of drug-likeness (QED) is 0.0951. The van der Waals surface area contributed by atoms with Crippen molar-refractivity contribution in [3.8, 4) is 44.5 Å². The summed E-state index contributed by atoms with van der Waals surface area (Å²) in [5, 5.41) is 15.4. The molecular formula is C56H42N2. The fourth-order valence-corrected chi connectivity index (χ4v) is 10.1. The highest BCUT2D eigenvalue weighted by atomic mass is 15.1. The van der Waals surface area contributed by atoms with E-state index in [-0.39, 0.29) is 0 Å². The molecule has 0 amide bonds. The zero-order valence-electron chi connectivity index (χ0n) is 33.2. The molecule has 0 radical (unpaired) electrons. The van der Waals surface area contributed by atoms with Crippen molar-refractivity contribution in [2.24, 2.45) is 0 Å². The van der Waals surface area contributed by atoms with Crippen LogP contribution in [-0.4, -0.2) is 28.2 Å². The Bertz CT molecular complexity index is 3120. The van der Waals surface area contributed by atoms with Gasteiger partial charge in [-0.25, -0.2) is 0 Å². The highest BCUT2D eigenvalue weighted by molar-refractivity contribution is 6.44. The largest absolute Gasteiger partial charge is 0.377 e. The highest BCUT2D eigenvalue weighted by Crippen LogP contribution is 2.59. The van der Waals surface area contributed by atoms with Gasteiger partial charge < -0.3 is 9.80 Å². The first-order valence-corrected chi connectivity index (χ1v) is 20.2. The normalized spacial score (nSPS) is 11.8. The van der Waals surface area contributed by atoms with Crippen LogP contribution in [0.1, 0.15) is 0 Å². The molecule has 0 heterocycles. The summed E-state index contributed by atoms with van der Waals surface area (Å²) in [6.07, 6.45) is 0. The van der Waals surface area contributed by atoms with Gasteiger partial charge in [-0.2, -0.15) is 0 Å². The third kappa shape index (κ3) is 4.91. The number of hydrogen-bond donors (Lipinski definition) is 0. The second-order valence-corrected chi connectivity index (χ2v) is 16.0. The van der Waals surface area contributed by atoms with Crippen LogP contribution >= 0.6 is 0 Å². The van der Waals surface area contributed by atoms with Crippen molar-refractivity contribution >= 4 is 76.0 Å². The molecule has 2 heteroatoms. The zero-order chi connectivity index (χ0) is 39.1. The lowest BCUT2D eigenvalue weighted by Gasteiger charge is -2.32. The predicted molar refractivity (Wildman–Crippen MR) is 253 cm³/mol. The number of hydrogen-bond acceptors (Lipinski definition) is 2. The Hall–Kier alpha value is -7.16. The summed E-state index contributed by atoms with van der Waals surface area (Å²) in [4.78, 5) is 4.77. The van der Waals surface area contributed by atoms with E-state index in [4.69, 9.17) is 0 Å². The van der Waals surface area contributed by atoms with Crippen LogP contribution in [0.25, 0.3) is 109 Å². The minimum atomic E-state index is 1.20. The molecule has 0 saturated carbocycles. The molecule has 0 spiro atoms. The van der Waals surface area contributed by atoms with E-state index in [1.807, 2.05) is 0 Å². The Labute approximate surface area is 339 Å². The smallest absolute Gasteiger partial charge is 0.0535 e. The molecule has 11 aromatic carbocycles. The summed E-state index contributed by atoms with van der Waals surface area (Å²) >= 11 is 0. The van der Waals surface area contributed by atoms with E-state index in [0.717, 1.165) is 0 Å². The Morgan fingerprint density at radius 2 is 0.603 bits per heavy atom. The number of benzene rings is 11. The topological polar surface area (TPSA) is 6.48 Å². The van der Waals surface area contributed by atoms with Gasteiger partial charge in [-0.3, -0.25) is 0 Å². The molecule has 2 nitrogen and oxygen atoms in total. The van der Waals surface area contributed by atoms with Crippen LogP contribution in [0.2, 0.25) is 0 Å². The van der Waals surface area contributed by atoms with E-state index in [0.29, 0.717) is 0 Å². The van der Waals surface area contributed by atoms with Gasteiger partial charge in [0.25, 0.3) is 0 Å². The predicted octanol–water partition coefficient (Wildman–Crippen LogP) is 14.8. The Morgan fingerprint density at radius 1 is 0.259 bits per heavy atom. The van der Waals surface area contributed by atoms with Gasteiger partial charge in [0.15, 0.2) is 0 Å². The average molecular weight is 743 g/mol. The number of rotatable bonds is 6. The third-order valence-corrected chi connectivity index (χ3v) is 12.3. The SMILES string of the molecule is CN(C)c1c2c(-c3ccccc3)ccc(-c3ccccc3)c2c(N(C)C)c2c(-c3ccccc3)c3c4cccc5ccc6cccc(c3c(-c3ccccc3)c12)c6c54. The van der Waals surface area contributed by atoms with Crippen LogP contribution in [0.5, 0.6) is 0 Å². The van der Waals surface area contributed by atoms with E-state index in [1.54, 1.807) is 0 Å². The molecule has 11 aromatic rings. The first-order chi connectivity index (χ1) is 28.5. The van der Waals surface area contributed by atoms with Gasteiger partial charge in [0.2, 0.25) is 0 Å². The fraction of sp³-hybridized carbons (Fsp3) is 0.0714. The van der Waals surface area contributed by atoms with Crippen LogP contribution in [0, 0.1) is 0 Å². The second kappa shape index (κ2) is 13.2. The lowest BCUT2D eigenvalue weighted by molar-refractivity contribution is 1.14. The molecule has 0 unspecified atom stereocenters. The summed E-state index contributed by atoms with van der Waals surface area (Å²) in [6, 6.07) is 67.4. The molecule has 0 N–H and O–H groups in total. The summed E-state index contributed by atoms with van der Waals surface area (Å²) in [7, 11) is 8.95. The zero-order valence-corrected chi connectivity index (χ0v) is 33.2. The Kier molecular flexibility index (Phi) is 7.78. The van der Waals surface area contributed by atoms with Crippen LogP contribution < -0.4 is 9.80 Å². The minimum Gasteiger partial charge on any atom is -0.377 e. The van der Waals surface area contributed by atoms with E-state index in [9.17, 15) is 0 Å². The highest BCUT2D eigenvalue weighted by Gasteiger charge is 2.31. The van der Waals surface area contributed by atoms with Gasteiger partial charge in [-0.1, -0.05) is 182 Å². The van der Waals surface area contributed by atoms with Crippen molar-refractivity contribution in [3.63, 3.8) is 0 Å². The second-order valence-electron chi connectivity index (χ2n) is 16.0. The Balaban J connectivity index is 1.57. The van der Waals surface area contributed by atoms with Gasteiger partial charge in [-0.15, -0.1) is 0 Å². The molecule has 0 fully saturated rings. The van der Waals surface area contributed by atoms with Gasteiger partial charge in [0, 0.05) is 60.9 Å². The molecule has 0 atom stereocenters. The number of fused-ring (bicyclic) bond motifs is 5. The van der Waals surface area contributed by atoms with Crippen molar-refractivity contribution in [2.75, 3.05) is 38.0 Å². The van der Waals surface area contributed by atoms with Gasteiger partial charge in [-0.05, 0) is 76.5 Å². The summed E-state index contributed by atoms with van der Waals surface area (Å²) in [5.74, 6) is 0. The van der Waals surface area contributed by atoms with Gasteiger partial charge in [0.1, 0.15) is 0 Å². The summed E-state index contributed by atoms with van der Waals surface area (Å²) in [5.41, 5.74) is 12.2. The molecule has 58 heavy (non-hydrogen) atoms. The first kappa shape index (κ1) is 34.1. The molecule has 0 saturated heterocycles. The molecule has 0 aliphatic heterocycles. The maximum Gasteiger partial charge on any atom is 0.0535 e. The first-order valence-electron chi connectivity index (χ1n) is 20.2. The third-order valence-electron chi connectivity index (χ3n) is 12.3. The standard InChI is InChI=1S/C56H42N2/c1-57(2)55-51-41(35-19-9-5-10-20-35)33-34-42(36-21-11-6-12-22-36)52(51)56(58(3)4)54-48(38-25-15-8-16-26-38)50-44-30-18-28-40-32-31-39-27-17-29-43(45(39)46(40)44)49(50)47(53(54)55)37-23-13-7-14-24-37/h5-34H,1-4H3. The minimum absolute atomic E-state index is 1.20. The maximum absolute atomic E-state index is 2.39. The lowest BCUT2D eigenvalue weighted by Crippen LogP contribution is -2.16. The molecule has 0 aliphatic carbocycles. The van der Waals surface area contributed by atoms with Crippen molar-refractivity contribution in [3.05, 3.63) is 182 Å². The molecule has 276 valence electrons. The molecular weight excluding hydrogens is 701 g/mol. The van der Waals surface area contributed by atoms with Crippen molar-refractivity contribution in [2.45, 2.75) is 0 Å². The fourth-order valence-electron chi connectivity index (χ4n) is 10.1. The van der Waals surface area contributed by atoms with E-state index in [2.05, 4.69) is 220 Å². The van der Waals surface area contributed by atoms with Gasteiger partial charge in [0.05, 0.1) is 11.4 Å². The summed E-state index contributed by atoms with van der Waals surface area (Å²) < 4.78 is 0. The van der Waals surface area contributed by atoms with Crippen LogP contribution in [0.15, 0.2) is 182 Å². The molecule has 11 rings (SSSR count). The van der Waals surface area contributed by atoms with Gasteiger partial charge >= 0.3 is 0 Å². The van der Waals surface area contributed by atoms with E-state index >= 15 is 0 Å². The van der Waals surface area contributed by atoms with Crippen molar-refractivity contribution in [1.29, 1.82) is 0 Å². The van der Waals surface area contributed by atoms with E-state index in [1.165, 1.54) is 121 Å². The van der Waals surface area contributed by atoms with Crippen LogP contribution in [-0.2, 0) is 0 Å². The van der Waals surface area contributed by atoms with Crippen molar-refractivity contribution in [1.82, 2.24) is 0 Å². The van der Waals surface area contributed by atoms with Crippen LogP contribution in [0.4, 0.5) is 11.4 Å².